The number of fused-ring (bicyclic) bond motifs is 1. The number of pyridine rings is 1. The minimum atomic E-state index is -0.279. The Labute approximate surface area is 197 Å². The van der Waals surface area contributed by atoms with Crippen LogP contribution in [0.2, 0.25) is 0 Å². The Morgan fingerprint density at radius 2 is 1.97 bits per heavy atom. The highest BCUT2D eigenvalue weighted by atomic mass is 19.1. The van der Waals surface area contributed by atoms with Gasteiger partial charge in [0.1, 0.15) is 23.8 Å². The third kappa shape index (κ3) is 5.26. The largest absolute Gasteiger partial charge is 0.489 e. The maximum atomic E-state index is 13.3. The van der Waals surface area contributed by atoms with E-state index in [0.29, 0.717) is 44.2 Å². The van der Waals surface area contributed by atoms with E-state index >= 15 is 0 Å². The fourth-order valence-electron chi connectivity index (χ4n) is 4.26. The molecular weight excluding hydrogens is 433 g/mol. The molecule has 0 saturated carbocycles. The van der Waals surface area contributed by atoms with Crippen LogP contribution in [0.15, 0.2) is 79.3 Å². The van der Waals surface area contributed by atoms with Crippen molar-refractivity contribution >= 4 is 11.6 Å². The van der Waals surface area contributed by atoms with Crippen LogP contribution in [0.25, 0.3) is 5.65 Å². The topological polar surface area (TPSA) is 56.1 Å². The molecule has 0 spiro atoms. The third-order valence-electron chi connectivity index (χ3n) is 6.00. The molecule has 0 unspecified atom stereocenters. The van der Waals surface area contributed by atoms with Gasteiger partial charge in [-0.15, -0.1) is 0 Å². The highest BCUT2D eigenvalue weighted by Gasteiger charge is 2.24. The molecule has 1 amide bonds. The van der Waals surface area contributed by atoms with Crippen LogP contribution in [0, 0.1) is 11.7 Å². The van der Waals surface area contributed by atoms with Gasteiger partial charge in [-0.2, -0.15) is 0 Å². The molecule has 0 radical (unpaired) electrons. The number of aromatic nitrogens is 2. The molecule has 7 heteroatoms. The first-order valence-electron chi connectivity index (χ1n) is 11.4. The second-order valence-corrected chi connectivity index (χ2v) is 8.57. The van der Waals surface area contributed by atoms with Crippen molar-refractivity contribution in [1.82, 2.24) is 14.3 Å². The maximum absolute atomic E-state index is 13.3. The lowest BCUT2D eigenvalue weighted by atomic mass is 10.0. The smallest absolute Gasteiger partial charge is 0.254 e. The minimum absolute atomic E-state index is 0.0345. The van der Waals surface area contributed by atoms with E-state index in [-0.39, 0.29) is 17.6 Å². The quantitative estimate of drug-likeness (QED) is 0.429. The van der Waals surface area contributed by atoms with E-state index in [0.717, 1.165) is 17.6 Å². The van der Waals surface area contributed by atoms with E-state index in [1.54, 1.807) is 30.5 Å². The van der Waals surface area contributed by atoms with Crippen LogP contribution >= 0.6 is 0 Å². The molecule has 2 aromatic heterocycles. The molecule has 1 aliphatic rings. The molecule has 4 aromatic rings. The summed E-state index contributed by atoms with van der Waals surface area (Å²) in [6.45, 7) is 2.62. The van der Waals surface area contributed by atoms with Crippen LogP contribution < -0.4 is 4.74 Å². The Morgan fingerprint density at radius 1 is 1.12 bits per heavy atom. The first-order chi connectivity index (χ1) is 16.6. The van der Waals surface area contributed by atoms with Crippen molar-refractivity contribution in [2.24, 2.45) is 5.92 Å². The number of carbonyl (C=O) groups is 1. The fraction of sp³-hybridized carbons (Fsp3) is 0.259. The lowest BCUT2D eigenvalue weighted by Crippen LogP contribution is -2.36. The summed E-state index contributed by atoms with van der Waals surface area (Å²) in [4.78, 5) is 19.5. The fourth-order valence-corrected chi connectivity index (χ4v) is 4.26. The Bertz CT molecular complexity index is 1270. The molecule has 1 fully saturated rings. The summed E-state index contributed by atoms with van der Waals surface area (Å²) in [6, 6.07) is 17.5. The number of rotatable bonds is 6. The molecule has 2 aromatic carbocycles. The lowest BCUT2D eigenvalue weighted by Gasteiger charge is -2.24. The summed E-state index contributed by atoms with van der Waals surface area (Å²) in [6.07, 6.45) is 6.62. The highest BCUT2D eigenvalue weighted by Crippen LogP contribution is 2.20. The molecule has 6 nitrogen and oxygen atoms in total. The summed E-state index contributed by atoms with van der Waals surface area (Å²) < 4.78 is 26.8. The molecule has 0 N–H and O–H groups in total. The summed E-state index contributed by atoms with van der Waals surface area (Å²) in [5.74, 6) is 0.489. The first-order valence-corrected chi connectivity index (χ1v) is 11.4. The monoisotopic (exact) mass is 459 g/mol. The van der Waals surface area contributed by atoms with Crippen LogP contribution in [0.3, 0.4) is 0 Å². The average molecular weight is 460 g/mol. The number of hydrogen-bond acceptors (Lipinski definition) is 4. The summed E-state index contributed by atoms with van der Waals surface area (Å²) in [7, 11) is 0. The maximum Gasteiger partial charge on any atom is 0.254 e. The van der Waals surface area contributed by atoms with E-state index in [1.807, 2.05) is 33.7 Å². The van der Waals surface area contributed by atoms with E-state index < -0.39 is 0 Å². The van der Waals surface area contributed by atoms with Gasteiger partial charge in [-0.25, -0.2) is 9.37 Å². The van der Waals surface area contributed by atoms with E-state index in [4.69, 9.17) is 9.47 Å². The second kappa shape index (κ2) is 10.1. The molecule has 5 rings (SSSR count). The van der Waals surface area contributed by atoms with Gasteiger partial charge in [-0.05, 0) is 53.9 Å². The number of amides is 1. The molecule has 1 aliphatic heterocycles. The van der Waals surface area contributed by atoms with Crippen molar-refractivity contribution in [2.45, 2.75) is 13.0 Å². The number of ether oxygens (including phenoxy) is 2. The second-order valence-electron chi connectivity index (χ2n) is 8.57. The van der Waals surface area contributed by atoms with Crippen molar-refractivity contribution in [3.05, 3.63) is 102 Å². The van der Waals surface area contributed by atoms with Crippen LogP contribution in [0.4, 0.5) is 4.39 Å². The van der Waals surface area contributed by atoms with Crippen LogP contribution in [-0.4, -0.2) is 46.5 Å². The summed E-state index contributed by atoms with van der Waals surface area (Å²) >= 11 is 0. The predicted molar refractivity (Wildman–Crippen MR) is 126 cm³/mol. The Balaban J connectivity index is 1.24. The zero-order chi connectivity index (χ0) is 23.3. The van der Waals surface area contributed by atoms with Gasteiger partial charge < -0.3 is 18.8 Å². The van der Waals surface area contributed by atoms with Gasteiger partial charge in [-0.1, -0.05) is 24.3 Å². The average Bonchev–Trinajstić information content (AvgIpc) is 3.20. The number of hydrogen-bond donors (Lipinski definition) is 0. The third-order valence-corrected chi connectivity index (χ3v) is 6.00. The van der Waals surface area contributed by atoms with Crippen molar-refractivity contribution < 1.29 is 18.7 Å². The molecule has 1 atom stereocenters. The number of carbonyl (C=O) groups excluding carboxylic acids is 1. The molecule has 1 saturated heterocycles. The van der Waals surface area contributed by atoms with E-state index in [1.165, 1.54) is 17.7 Å². The number of halogens is 1. The predicted octanol–water partition coefficient (Wildman–Crippen LogP) is 4.38. The van der Waals surface area contributed by atoms with E-state index in [2.05, 4.69) is 17.2 Å². The van der Waals surface area contributed by atoms with Gasteiger partial charge in [0.15, 0.2) is 0 Å². The van der Waals surface area contributed by atoms with Gasteiger partial charge in [0.05, 0.1) is 13.2 Å². The van der Waals surface area contributed by atoms with Gasteiger partial charge in [0, 0.05) is 43.2 Å². The minimum Gasteiger partial charge on any atom is -0.489 e. The standard InChI is InChI=1S/C27H26FN3O3/c28-24-7-4-20(5-8-24)19-34-25-3-1-2-23(15-25)27(32)31-12-13-33-18-22(17-31)14-21-6-9-26-29-10-11-30(26)16-21/h1-11,15-16,22H,12-14,17-19H2/t22-/m0/s1. The molecule has 0 bridgehead atoms. The number of nitrogens with zero attached hydrogens (tertiary/aromatic N) is 3. The molecule has 3 heterocycles. The van der Waals surface area contributed by atoms with E-state index in [9.17, 15) is 9.18 Å². The van der Waals surface area contributed by atoms with Crippen LogP contribution in [-0.2, 0) is 17.8 Å². The van der Waals surface area contributed by atoms with Gasteiger partial charge in [0.25, 0.3) is 5.91 Å². The normalized spacial score (nSPS) is 16.4. The molecule has 0 aliphatic carbocycles. The number of benzene rings is 2. The van der Waals surface area contributed by atoms with Gasteiger partial charge in [-0.3, -0.25) is 4.79 Å². The summed E-state index contributed by atoms with van der Waals surface area (Å²) in [5, 5.41) is 0. The first kappa shape index (κ1) is 22.1. The zero-order valence-electron chi connectivity index (χ0n) is 18.8. The van der Waals surface area contributed by atoms with Crippen molar-refractivity contribution in [3.8, 4) is 5.75 Å². The van der Waals surface area contributed by atoms with Crippen LogP contribution in [0.5, 0.6) is 5.75 Å². The van der Waals surface area contributed by atoms with Crippen molar-refractivity contribution in [1.29, 1.82) is 0 Å². The summed E-state index contributed by atoms with van der Waals surface area (Å²) in [5.41, 5.74) is 3.54. The number of imidazole rings is 1. The highest BCUT2D eigenvalue weighted by molar-refractivity contribution is 5.94. The Kier molecular flexibility index (Phi) is 6.53. The van der Waals surface area contributed by atoms with Crippen molar-refractivity contribution in [3.63, 3.8) is 0 Å². The van der Waals surface area contributed by atoms with Gasteiger partial charge in [0.2, 0.25) is 0 Å². The molecular formula is C27H26FN3O3. The SMILES string of the molecule is O=C(c1cccc(OCc2ccc(F)cc2)c1)N1CCOC[C@@H](Cc2ccc3nccn3c2)C1. The van der Waals surface area contributed by atoms with Crippen molar-refractivity contribution in [2.75, 3.05) is 26.3 Å². The molecule has 34 heavy (non-hydrogen) atoms. The zero-order valence-corrected chi connectivity index (χ0v) is 18.8. The molecule has 174 valence electrons. The Hall–Kier alpha value is -3.71. The lowest BCUT2D eigenvalue weighted by molar-refractivity contribution is 0.0737. The Morgan fingerprint density at radius 3 is 2.85 bits per heavy atom. The van der Waals surface area contributed by atoms with Crippen LogP contribution in [0.1, 0.15) is 21.5 Å². The van der Waals surface area contributed by atoms with Gasteiger partial charge >= 0.3 is 0 Å².